The third-order valence-corrected chi connectivity index (χ3v) is 7.06. The monoisotopic (exact) mass is 429 g/mol. The van der Waals surface area contributed by atoms with Crippen molar-refractivity contribution in [2.75, 3.05) is 10.7 Å². The molecule has 1 saturated carbocycles. The molecule has 3 rings (SSSR count). The molecule has 3 atom stereocenters. The lowest BCUT2D eigenvalue weighted by Crippen LogP contribution is -2.52. The molecule has 1 fully saturated rings. The first-order chi connectivity index (χ1) is 12.8. The second-order valence-corrected chi connectivity index (χ2v) is 9.12. The topological polar surface area (TPSA) is 57.6 Å². The summed E-state index contributed by atoms with van der Waals surface area (Å²) < 4.78 is 105. The third-order valence-electron chi connectivity index (χ3n) is 5.21. The summed E-state index contributed by atoms with van der Waals surface area (Å²) in [5.74, 6) is -6.95. The first-order valence-corrected chi connectivity index (χ1v) is 10.1. The Hall–Kier alpha value is -1.75. The molecule has 1 heterocycles. The molecule has 1 N–H and O–H groups in total. The van der Waals surface area contributed by atoms with Gasteiger partial charge in [0.15, 0.2) is 9.84 Å². The van der Waals surface area contributed by atoms with Gasteiger partial charge in [-0.1, -0.05) is 6.92 Å². The van der Waals surface area contributed by atoms with Gasteiger partial charge in [0, 0.05) is 30.3 Å². The van der Waals surface area contributed by atoms with E-state index in [4.69, 9.17) is 0 Å². The number of sulfone groups is 1. The largest absolute Gasteiger partial charge is 0.419 e. The lowest BCUT2D eigenvalue weighted by molar-refractivity contribution is -0.149. The van der Waals surface area contributed by atoms with E-state index < -0.39 is 68.5 Å². The van der Waals surface area contributed by atoms with Gasteiger partial charge in [0.05, 0.1) is 16.2 Å². The zero-order valence-electron chi connectivity index (χ0n) is 14.5. The number of aliphatic hydroxyl groups excluding tert-OH is 1. The fourth-order valence-corrected chi connectivity index (χ4v) is 5.04. The molecule has 156 valence electrons. The fraction of sp³-hybridized carbons (Fsp3) is 0.529. The lowest BCUT2D eigenvalue weighted by atomic mass is 9.80. The van der Waals surface area contributed by atoms with Crippen molar-refractivity contribution in [2.24, 2.45) is 5.92 Å². The van der Waals surface area contributed by atoms with Gasteiger partial charge in [-0.2, -0.15) is 13.2 Å². The average Bonchev–Trinajstić information content (AvgIpc) is 2.98. The summed E-state index contributed by atoms with van der Waals surface area (Å²) in [6.45, 7) is 1.29. The van der Waals surface area contributed by atoms with E-state index in [0.717, 1.165) is 17.2 Å². The minimum Gasteiger partial charge on any atom is -0.386 e. The van der Waals surface area contributed by atoms with Crippen molar-refractivity contribution >= 4 is 15.5 Å². The van der Waals surface area contributed by atoms with Crippen LogP contribution in [0.1, 0.15) is 25.3 Å². The van der Waals surface area contributed by atoms with Gasteiger partial charge in [-0.05, 0) is 24.6 Å². The Morgan fingerprint density at radius 2 is 1.93 bits per heavy atom. The molecule has 0 amide bonds. The first-order valence-electron chi connectivity index (χ1n) is 8.45. The molecule has 0 saturated heterocycles. The molecule has 1 aromatic carbocycles. The van der Waals surface area contributed by atoms with Crippen molar-refractivity contribution in [3.63, 3.8) is 0 Å². The normalized spacial score (nSPS) is 27.5. The highest BCUT2D eigenvalue weighted by Gasteiger charge is 2.57. The van der Waals surface area contributed by atoms with Gasteiger partial charge in [0.2, 0.25) is 0 Å². The summed E-state index contributed by atoms with van der Waals surface area (Å²) in [5.41, 5.74) is -1.74. The highest BCUT2D eigenvalue weighted by atomic mass is 32.2. The van der Waals surface area contributed by atoms with Crippen LogP contribution in [0, 0.1) is 11.7 Å². The van der Waals surface area contributed by atoms with Gasteiger partial charge in [0.25, 0.3) is 5.92 Å². The van der Waals surface area contributed by atoms with Gasteiger partial charge < -0.3 is 10.0 Å². The minimum absolute atomic E-state index is 0.192. The predicted octanol–water partition coefficient (Wildman–Crippen LogP) is 3.72. The number of hydrogen-bond acceptors (Lipinski definition) is 4. The summed E-state index contributed by atoms with van der Waals surface area (Å²) in [7, 11) is -4.01. The number of nitrogens with zero attached hydrogens (tertiary/aromatic N) is 1. The maximum Gasteiger partial charge on any atom is 0.419 e. The molecule has 1 aliphatic heterocycles. The van der Waals surface area contributed by atoms with Crippen LogP contribution < -0.4 is 4.90 Å². The SMILES string of the molecule is CCS(=O)(=O)C1=CN(c2ccc(F)c(C(F)(F)F)c2)C2CCC(F)(F)[C@@H](O)C12. The Morgan fingerprint density at radius 1 is 1.29 bits per heavy atom. The van der Waals surface area contributed by atoms with Crippen LogP contribution in [-0.2, 0) is 16.0 Å². The van der Waals surface area contributed by atoms with Crippen molar-refractivity contribution < 1.29 is 39.9 Å². The van der Waals surface area contributed by atoms with Crippen LogP contribution in [0.2, 0.25) is 0 Å². The summed E-state index contributed by atoms with van der Waals surface area (Å²) >= 11 is 0. The van der Waals surface area contributed by atoms with Gasteiger partial charge in [-0.15, -0.1) is 0 Å². The first kappa shape index (κ1) is 21.0. The molecule has 0 spiro atoms. The number of benzene rings is 1. The van der Waals surface area contributed by atoms with Gasteiger partial charge in [0.1, 0.15) is 11.9 Å². The number of aliphatic hydroxyl groups is 1. The molecule has 11 heteroatoms. The Balaban J connectivity index is 2.13. The molecular formula is C17H17F6NO3S. The zero-order chi connectivity index (χ0) is 21.1. The third kappa shape index (κ3) is 3.38. The smallest absolute Gasteiger partial charge is 0.386 e. The van der Waals surface area contributed by atoms with Crippen LogP contribution in [0.25, 0.3) is 0 Å². The van der Waals surface area contributed by atoms with Gasteiger partial charge in [-0.3, -0.25) is 0 Å². The van der Waals surface area contributed by atoms with Crippen LogP contribution >= 0.6 is 0 Å². The summed E-state index contributed by atoms with van der Waals surface area (Å²) in [6.07, 6.45) is -7.32. The molecule has 4 nitrogen and oxygen atoms in total. The van der Waals surface area contributed by atoms with Crippen molar-refractivity contribution in [3.8, 4) is 0 Å². The number of halogens is 6. The van der Waals surface area contributed by atoms with E-state index in [2.05, 4.69) is 0 Å². The van der Waals surface area contributed by atoms with Crippen LogP contribution in [0.3, 0.4) is 0 Å². The van der Waals surface area contributed by atoms with Crippen molar-refractivity contribution in [2.45, 2.75) is 44.0 Å². The predicted molar refractivity (Wildman–Crippen MR) is 88.9 cm³/mol. The molecule has 0 aromatic heterocycles. The lowest BCUT2D eigenvalue weighted by Gasteiger charge is -2.40. The number of hydrogen-bond donors (Lipinski definition) is 1. The maximum atomic E-state index is 14.0. The van der Waals surface area contributed by atoms with E-state index in [9.17, 15) is 39.9 Å². The number of fused-ring (bicyclic) bond motifs is 1. The molecule has 0 bridgehead atoms. The van der Waals surface area contributed by atoms with Gasteiger partial charge >= 0.3 is 6.18 Å². The summed E-state index contributed by atoms with van der Waals surface area (Å²) in [5, 5.41) is 10.1. The van der Waals surface area contributed by atoms with Crippen LogP contribution in [0.4, 0.5) is 32.0 Å². The van der Waals surface area contributed by atoms with Crippen LogP contribution in [-0.4, -0.2) is 37.3 Å². The Bertz CT molecular complexity index is 912. The highest BCUT2D eigenvalue weighted by molar-refractivity contribution is 7.95. The number of alkyl halides is 5. The van der Waals surface area contributed by atoms with Gasteiger partial charge in [-0.25, -0.2) is 21.6 Å². The molecule has 2 unspecified atom stereocenters. The van der Waals surface area contributed by atoms with E-state index >= 15 is 0 Å². The maximum absolute atomic E-state index is 14.0. The Morgan fingerprint density at radius 3 is 2.50 bits per heavy atom. The highest BCUT2D eigenvalue weighted by Crippen LogP contribution is 2.49. The van der Waals surface area contributed by atoms with Crippen LogP contribution in [0.15, 0.2) is 29.3 Å². The summed E-state index contributed by atoms with van der Waals surface area (Å²) in [4.78, 5) is 0.658. The molecule has 1 aliphatic carbocycles. The number of rotatable bonds is 3. The molecule has 0 radical (unpaired) electrons. The minimum atomic E-state index is -4.99. The van der Waals surface area contributed by atoms with E-state index in [0.29, 0.717) is 12.1 Å². The second kappa shape index (κ2) is 6.65. The molecule has 1 aromatic rings. The Labute approximate surface area is 157 Å². The standard InChI is InChI=1S/C17H17F6NO3S/c1-2-28(26,27)13-8-24(12-5-6-16(19,20)15(25)14(12)13)9-3-4-11(18)10(7-9)17(21,22)23/h3-4,7-8,12,14-15,25H,2,5-6H2,1H3/t12?,14?,15-/m0/s1. The van der Waals surface area contributed by atoms with Crippen LogP contribution in [0.5, 0.6) is 0 Å². The molecule has 2 aliphatic rings. The van der Waals surface area contributed by atoms with E-state index in [-0.39, 0.29) is 12.1 Å². The van der Waals surface area contributed by atoms with E-state index in [1.165, 1.54) is 6.92 Å². The summed E-state index contributed by atoms with van der Waals surface area (Å²) in [6, 6.07) is 1.11. The van der Waals surface area contributed by atoms with Crippen molar-refractivity contribution in [3.05, 3.63) is 40.7 Å². The average molecular weight is 429 g/mol. The van der Waals surface area contributed by atoms with Crippen molar-refractivity contribution in [1.29, 1.82) is 0 Å². The number of anilines is 1. The van der Waals surface area contributed by atoms with E-state index in [1.54, 1.807) is 0 Å². The zero-order valence-corrected chi connectivity index (χ0v) is 15.4. The van der Waals surface area contributed by atoms with E-state index in [1.807, 2.05) is 0 Å². The Kier molecular flexibility index (Phi) is 4.98. The quantitative estimate of drug-likeness (QED) is 0.745. The molecule has 28 heavy (non-hydrogen) atoms. The van der Waals surface area contributed by atoms with Crippen molar-refractivity contribution in [1.82, 2.24) is 0 Å². The second-order valence-electron chi connectivity index (χ2n) is 6.84. The fourth-order valence-electron chi connectivity index (χ4n) is 3.73. The molecular weight excluding hydrogens is 412 g/mol.